The Balaban J connectivity index is 0. The minimum absolute atomic E-state index is 0. The van der Waals surface area contributed by atoms with Crippen LogP contribution in [0.2, 0.25) is 0 Å². The summed E-state index contributed by atoms with van der Waals surface area (Å²) in [6.07, 6.45) is 0.292. The summed E-state index contributed by atoms with van der Waals surface area (Å²) in [5.74, 6) is -1.54. The van der Waals surface area contributed by atoms with Crippen molar-refractivity contribution in [1.82, 2.24) is 0 Å². The number of aliphatic hydroxyl groups is 1. The van der Waals surface area contributed by atoms with Crippen LogP contribution in [0.15, 0.2) is 0 Å². The number of rotatable bonds is 4. The number of carboxylic acid groups (broad SMARTS) is 1. The topological polar surface area (TPSA) is 60.4 Å². The van der Waals surface area contributed by atoms with Crippen molar-refractivity contribution in [3.05, 3.63) is 0 Å². The van der Waals surface area contributed by atoms with E-state index in [1.807, 2.05) is 0 Å². The van der Waals surface area contributed by atoms with Gasteiger partial charge < -0.3 is 15.0 Å². The van der Waals surface area contributed by atoms with Crippen LogP contribution >= 0.6 is 0 Å². The maximum atomic E-state index is 10.3. The van der Waals surface area contributed by atoms with Gasteiger partial charge >= 0.3 is 29.6 Å². The third-order valence-corrected chi connectivity index (χ3v) is 1.55. The molecule has 0 aromatic carbocycles. The molecule has 1 atom stereocenters. The predicted octanol–water partition coefficient (Wildman–Crippen LogP) is -3.61. The molecule has 0 aromatic heterocycles. The van der Waals surface area contributed by atoms with E-state index in [0.717, 1.165) is 0 Å². The summed E-state index contributed by atoms with van der Waals surface area (Å²) >= 11 is 0. The van der Waals surface area contributed by atoms with Gasteiger partial charge in [0.25, 0.3) is 0 Å². The fourth-order valence-electron chi connectivity index (χ4n) is 0.862. The van der Waals surface area contributed by atoms with Crippen molar-refractivity contribution in [2.45, 2.75) is 20.3 Å². The summed E-state index contributed by atoms with van der Waals surface area (Å²) < 4.78 is 0. The third-order valence-electron chi connectivity index (χ3n) is 1.55. The first-order valence-corrected chi connectivity index (χ1v) is 3.41. The Kier molecular flexibility index (Phi) is 9.02. The van der Waals surface area contributed by atoms with Gasteiger partial charge in [0.05, 0.1) is 0 Å². The molecule has 4 heteroatoms. The van der Waals surface area contributed by atoms with E-state index in [4.69, 9.17) is 5.11 Å². The number of aliphatic hydroxyl groups excluding tert-OH is 1. The van der Waals surface area contributed by atoms with Crippen LogP contribution in [0.3, 0.4) is 0 Å². The smallest absolute Gasteiger partial charge is 0.550 e. The second kappa shape index (κ2) is 7.10. The number of carboxylic acids is 1. The summed E-state index contributed by atoms with van der Waals surface area (Å²) in [5, 5.41) is 18.8. The van der Waals surface area contributed by atoms with Gasteiger partial charge in [-0.25, -0.2) is 0 Å². The van der Waals surface area contributed by atoms with Crippen LogP contribution in [0, 0.1) is 11.8 Å². The molecular formula is C7H13NaO3. The zero-order valence-corrected chi connectivity index (χ0v) is 9.33. The molecule has 3 nitrogen and oxygen atoms in total. The van der Waals surface area contributed by atoms with Crippen LogP contribution in [0.1, 0.15) is 20.3 Å². The zero-order valence-electron chi connectivity index (χ0n) is 7.33. The first kappa shape index (κ1) is 14.0. The summed E-state index contributed by atoms with van der Waals surface area (Å²) in [5.41, 5.74) is 0. The molecule has 1 unspecified atom stereocenters. The van der Waals surface area contributed by atoms with Gasteiger partial charge in [-0.05, 0) is 12.3 Å². The van der Waals surface area contributed by atoms with Crippen LogP contribution < -0.4 is 34.7 Å². The maximum absolute atomic E-state index is 10.3. The third kappa shape index (κ3) is 5.67. The average Bonchev–Trinajstić information content (AvgIpc) is 1.81. The Hall–Kier alpha value is 0.430. The fourth-order valence-corrected chi connectivity index (χ4v) is 0.862. The molecule has 0 spiro atoms. The Labute approximate surface area is 89.1 Å². The molecule has 0 aliphatic carbocycles. The van der Waals surface area contributed by atoms with Gasteiger partial charge in [0.1, 0.15) is 0 Å². The molecule has 0 radical (unpaired) electrons. The van der Waals surface area contributed by atoms with Crippen molar-refractivity contribution in [3.8, 4) is 0 Å². The number of aliphatic carboxylic acids is 1. The van der Waals surface area contributed by atoms with Gasteiger partial charge in [-0.3, -0.25) is 0 Å². The van der Waals surface area contributed by atoms with E-state index in [0.29, 0.717) is 6.42 Å². The Morgan fingerprint density at radius 2 is 2.00 bits per heavy atom. The molecule has 0 bridgehead atoms. The van der Waals surface area contributed by atoms with Crippen molar-refractivity contribution >= 4 is 5.97 Å². The molecule has 11 heavy (non-hydrogen) atoms. The predicted molar refractivity (Wildman–Crippen MR) is 35.0 cm³/mol. The zero-order chi connectivity index (χ0) is 8.15. The number of carbonyl (C=O) groups excluding carboxylic acids is 1. The van der Waals surface area contributed by atoms with Gasteiger partial charge in [0.15, 0.2) is 0 Å². The molecule has 0 heterocycles. The molecule has 0 rings (SSSR count). The van der Waals surface area contributed by atoms with Crippen molar-refractivity contribution < 1.29 is 44.6 Å². The van der Waals surface area contributed by atoms with Crippen molar-refractivity contribution in [2.24, 2.45) is 11.8 Å². The minimum Gasteiger partial charge on any atom is -0.550 e. The van der Waals surface area contributed by atoms with Gasteiger partial charge in [-0.2, -0.15) is 0 Å². The summed E-state index contributed by atoms with van der Waals surface area (Å²) in [4.78, 5) is 10.3. The first-order valence-electron chi connectivity index (χ1n) is 3.41. The molecule has 0 fully saturated rings. The monoisotopic (exact) mass is 168 g/mol. The molecule has 0 aromatic rings. The molecule has 0 amide bonds. The Morgan fingerprint density at radius 3 is 2.09 bits per heavy atom. The summed E-state index contributed by atoms with van der Waals surface area (Å²) in [6, 6.07) is 0. The molecule has 0 saturated heterocycles. The first-order chi connectivity index (χ1) is 4.59. The van der Waals surface area contributed by atoms with Gasteiger partial charge in [-0.1, -0.05) is 13.8 Å². The quantitative estimate of drug-likeness (QED) is 0.441. The standard InChI is InChI=1S/C7H14O3.Na/c1-5(2)6(3-4-8)7(9)10;/h5-6,8H,3-4H2,1-2H3,(H,9,10);/q;+1/p-1. The van der Waals surface area contributed by atoms with E-state index in [2.05, 4.69) is 0 Å². The Morgan fingerprint density at radius 1 is 1.55 bits per heavy atom. The maximum Gasteiger partial charge on any atom is 1.00 e. The average molecular weight is 168 g/mol. The largest absolute Gasteiger partial charge is 1.00 e. The van der Waals surface area contributed by atoms with E-state index in [1.165, 1.54) is 0 Å². The molecule has 1 N–H and O–H groups in total. The van der Waals surface area contributed by atoms with Crippen molar-refractivity contribution in [2.75, 3.05) is 6.61 Å². The molecule has 60 valence electrons. The molecule has 0 aliphatic rings. The summed E-state index contributed by atoms with van der Waals surface area (Å²) in [7, 11) is 0. The van der Waals surface area contributed by atoms with Gasteiger partial charge in [0.2, 0.25) is 0 Å². The fraction of sp³-hybridized carbons (Fsp3) is 0.857. The van der Waals surface area contributed by atoms with E-state index in [-0.39, 0.29) is 42.1 Å². The SMILES string of the molecule is CC(C)C(CCO)C(=O)[O-].[Na+]. The van der Waals surface area contributed by atoms with E-state index in [1.54, 1.807) is 13.8 Å². The summed E-state index contributed by atoms with van der Waals surface area (Å²) in [6.45, 7) is 3.52. The second-order valence-corrected chi connectivity index (χ2v) is 2.68. The number of hydrogen-bond acceptors (Lipinski definition) is 3. The van der Waals surface area contributed by atoms with E-state index < -0.39 is 11.9 Å². The van der Waals surface area contributed by atoms with Crippen LogP contribution in [0.4, 0.5) is 0 Å². The van der Waals surface area contributed by atoms with Crippen LogP contribution in [-0.2, 0) is 4.79 Å². The van der Waals surface area contributed by atoms with Gasteiger partial charge in [-0.15, -0.1) is 0 Å². The van der Waals surface area contributed by atoms with Crippen molar-refractivity contribution in [3.63, 3.8) is 0 Å². The van der Waals surface area contributed by atoms with Crippen LogP contribution in [0.5, 0.6) is 0 Å². The number of hydrogen-bond donors (Lipinski definition) is 1. The normalized spacial score (nSPS) is 12.4. The van der Waals surface area contributed by atoms with Gasteiger partial charge in [0, 0.05) is 18.5 Å². The molecule has 0 aliphatic heterocycles. The van der Waals surface area contributed by atoms with E-state index in [9.17, 15) is 9.90 Å². The molecular weight excluding hydrogens is 155 g/mol. The van der Waals surface area contributed by atoms with Crippen LogP contribution in [-0.4, -0.2) is 17.7 Å². The number of carbonyl (C=O) groups is 1. The second-order valence-electron chi connectivity index (χ2n) is 2.68. The Bertz CT molecular complexity index is 114. The van der Waals surface area contributed by atoms with E-state index >= 15 is 0 Å². The molecule has 0 saturated carbocycles. The van der Waals surface area contributed by atoms with Crippen LogP contribution in [0.25, 0.3) is 0 Å². The van der Waals surface area contributed by atoms with Crippen molar-refractivity contribution in [1.29, 1.82) is 0 Å². The minimum atomic E-state index is -1.07.